The van der Waals surface area contributed by atoms with Crippen molar-refractivity contribution in [2.45, 2.75) is 32.7 Å². The lowest BCUT2D eigenvalue weighted by atomic mass is 10.0. The summed E-state index contributed by atoms with van der Waals surface area (Å²) < 4.78 is 27.4. The molecule has 9 heteroatoms. The van der Waals surface area contributed by atoms with Crippen LogP contribution >= 0.6 is 11.6 Å². The summed E-state index contributed by atoms with van der Waals surface area (Å²) in [6.45, 7) is 2.49. The van der Waals surface area contributed by atoms with E-state index in [1.807, 2.05) is 4.90 Å². The lowest BCUT2D eigenvalue weighted by molar-refractivity contribution is 0.0600. The van der Waals surface area contributed by atoms with Crippen molar-refractivity contribution >= 4 is 34.2 Å². The van der Waals surface area contributed by atoms with Crippen LogP contribution in [0.3, 0.4) is 0 Å². The first-order valence-corrected chi connectivity index (χ1v) is 11.3. The average Bonchev–Trinajstić information content (AvgIpc) is 2.86. The lowest BCUT2D eigenvalue weighted by Crippen LogP contribution is -2.33. The summed E-state index contributed by atoms with van der Waals surface area (Å²) in [5.41, 5.74) is 2.33. The first-order chi connectivity index (χ1) is 16.4. The maximum absolute atomic E-state index is 12.6. The van der Waals surface area contributed by atoms with E-state index in [1.54, 1.807) is 18.2 Å². The second-order valence-electron chi connectivity index (χ2n) is 7.92. The third-order valence-corrected chi connectivity index (χ3v) is 6.16. The van der Waals surface area contributed by atoms with Crippen LogP contribution in [0.1, 0.15) is 41.3 Å². The van der Waals surface area contributed by atoms with Gasteiger partial charge < -0.3 is 28.3 Å². The zero-order chi connectivity index (χ0) is 24.4. The Balaban J connectivity index is 1.87. The molecular formula is C25H26ClNO7. The fourth-order valence-electron chi connectivity index (χ4n) is 4.18. The van der Waals surface area contributed by atoms with Crippen LogP contribution in [0.5, 0.6) is 17.2 Å². The Morgan fingerprint density at radius 2 is 1.85 bits per heavy atom. The molecule has 0 aliphatic carbocycles. The highest BCUT2D eigenvalue weighted by Crippen LogP contribution is 2.42. The van der Waals surface area contributed by atoms with Crippen LogP contribution in [0.15, 0.2) is 33.5 Å². The first kappa shape index (κ1) is 23.8. The molecule has 1 aliphatic rings. The summed E-state index contributed by atoms with van der Waals surface area (Å²) >= 11 is 6.58. The summed E-state index contributed by atoms with van der Waals surface area (Å²) in [7, 11) is 4.32. The average molecular weight is 488 g/mol. The highest BCUT2D eigenvalue weighted by Gasteiger charge is 2.29. The van der Waals surface area contributed by atoms with Crippen molar-refractivity contribution in [3.63, 3.8) is 0 Å². The molecule has 2 heterocycles. The van der Waals surface area contributed by atoms with Crippen molar-refractivity contribution in [3.8, 4) is 17.2 Å². The molecule has 0 atom stereocenters. The third kappa shape index (κ3) is 4.25. The molecule has 0 fully saturated rings. The van der Waals surface area contributed by atoms with Gasteiger partial charge in [-0.1, -0.05) is 24.9 Å². The number of esters is 1. The van der Waals surface area contributed by atoms with Crippen LogP contribution in [-0.4, -0.2) is 34.0 Å². The topological polar surface area (TPSA) is 87.4 Å². The SMILES string of the molecule is CCCCc1cc(=O)oc2c3c(c(Cl)cc12)OCN(c1cc(OC)c(OC)cc1C(=O)OC)C3. The summed E-state index contributed by atoms with van der Waals surface area (Å²) in [6.07, 6.45) is 2.66. The molecule has 0 bridgehead atoms. The van der Waals surface area contributed by atoms with Gasteiger partial charge >= 0.3 is 11.6 Å². The Morgan fingerprint density at radius 3 is 2.53 bits per heavy atom. The number of benzene rings is 2. The molecule has 0 saturated heterocycles. The van der Waals surface area contributed by atoms with E-state index < -0.39 is 11.6 Å². The second kappa shape index (κ2) is 9.85. The summed E-state index contributed by atoms with van der Waals surface area (Å²) in [6, 6.07) is 6.56. The van der Waals surface area contributed by atoms with Crippen LogP contribution in [-0.2, 0) is 17.7 Å². The van der Waals surface area contributed by atoms with Gasteiger partial charge in [0.05, 0.1) is 49.7 Å². The molecule has 3 aromatic rings. The van der Waals surface area contributed by atoms with Crippen LogP contribution in [0.4, 0.5) is 5.69 Å². The van der Waals surface area contributed by atoms with Crippen molar-refractivity contribution in [3.05, 3.63) is 56.4 Å². The molecule has 1 aliphatic heterocycles. The summed E-state index contributed by atoms with van der Waals surface area (Å²) in [5.74, 6) is 0.762. The molecule has 180 valence electrons. The van der Waals surface area contributed by atoms with E-state index in [1.165, 1.54) is 27.4 Å². The normalized spacial score (nSPS) is 12.8. The number of hydrogen-bond acceptors (Lipinski definition) is 8. The number of hydrogen-bond donors (Lipinski definition) is 0. The quantitative estimate of drug-likeness (QED) is 0.342. The van der Waals surface area contributed by atoms with E-state index in [-0.39, 0.29) is 18.8 Å². The number of anilines is 1. The summed E-state index contributed by atoms with van der Waals surface area (Å²) in [5, 5.41) is 1.22. The largest absolute Gasteiger partial charge is 0.493 e. The number of methoxy groups -OCH3 is 3. The number of carbonyl (C=O) groups is 1. The number of fused-ring (bicyclic) bond motifs is 3. The van der Waals surface area contributed by atoms with Crippen molar-refractivity contribution in [2.24, 2.45) is 0 Å². The molecule has 0 amide bonds. The Hall–Kier alpha value is -3.39. The molecule has 0 N–H and O–H groups in total. The molecule has 0 saturated carbocycles. The highest BCUT2D eigenvalue weighted by molar-refractivity contribution is 6.33. The Bertz CT molecular complexity index is 1300. The molecule has 0 unspecified atom stereocenters. The van der Waals surface area contributed by atoms with Gasteiger partial charge in [-0.2, -0.15) is 0 Å². The zero-order valence-corrected chi connectivity index (χ0v) is 20.3. The number of carbonyl (C=O) groups excluding carboxylic acids is 1. The smallest absolute Gasteiger partial charge is 0.340 e. The van der Waals surface area contributed by atoms with Crippen LogP contribution < -0.4 is 24.7 Å². The Labute approximate surface area is 201 Å². The van der Waals surface area contributed by atoms with E-state index in [0.717, 1.165) is 30.2 Å². The molecular weight excluding hydrogens is 462 g/mol. The number of rotatable bonds is 7. The van der Waals surface area contributed by atoms with Crippen molar-refractivity contribution in [1.29, 1.82) is 0 Å². The van der Waals surface area contributed by atoms with Crippen molar-refractivity contribution in [1.82, 2.24) is 0 Å². The number of ether oxygens (including phenoxy) is 4. The zero-order valence-electron chi connectivity index (χ0n) is 19.5. The van der Waals surface area contributed by atoms with Gasteiger partial charge in [0.2, 0.25) is 0 Å². The van der Waals surface area contributed by atoms with E-state index in [9.17, 15) is 9.59 Å². The number of unbranched alkanes of at least 4 members (excludes halogenated alkanes) is 1. The van der Waals surface area contributed by atoms with E-state index in [2.05, 4.69) is 6.92 Å². The van der Waals surface area contributed by atoms with Gasteiger partial charge in [-0.05, 0) is 24.5 Å². The van der Waals surface area contributed by atoms with Crippen LogP contribution in [0.2, 0.25) is 5.02 Å². The molecule has 0 radical (unpaired) electrons. The molecule has 1 aromatic heterocycles. The van der Waals surface area contributed by atoms with Crippen molar-refractivity contribution < 1.29 is 28.2 Å². The van der Waals surface area contributed by atoms with E-state index in [0.29, 0.717) is 39.1 Å². The predicted molar refractivity (Wildman–Crippen MR) is 129 cm³/mol. The summed E-state index contributed by atoms with van der Waals surface area (Å²) in [4.78, 5) is 26.8. The van der Waals surface area contributed by atoms with Crippen LogP contribution in [0.25, 0.3) is 11.0 Å². The van der Waals surface area contributed by atoms with Gasteiger partial charge in [-0.25, -0.2) is 9.59 Å². The van der Waals surface area contributed by atoms with Gasteiger partial charge in [0, 0.05) is 23.6 Å². The minimum absolute atomic E-state index is 0.109. The van der Waals surface area contributed by atoms with Crippen molar-refractivity contribution in [2.75, 3.05) is 33.0 Å². The molecule has 8 nitrogen and oxygen atoms in total. The Morgan fingerprint density at radius 1 is 1.12 bits per heavy atom. The van der Waals surface area contributed by atoms with Gasteiger partial charge in [-0.15, -0.1) is 0 Å². The Kier molecular flexibility index (Phi) is 6.88. The fourth-order valence-corrected chi connectivity index (χ4v) is 4.46. The monoisotopic (exact) mass is 487 g/mol. The first-order valence-electron chi connectivity index (χ1n) is 10.9. The van der Waals surface area contributed by atoms with Gasteiger partial charge in [0.25, 0.3) is 0 Å². The fraction of sp³-hybridized carbons (Fsp3) is 0.360. The maximum atomic E-state index is 12.6. The lowest BCUT2D eigenvalue weighted by Gasteiger charge is -2.33. The molecule has 34 heavy (non-hydrogen) atoms. The predicted octanol–water partition coefficient (Wildman–Crippen LogP) is 4.95. The van der Waals surface area contributed by atoms with Gasteiger partial charge in [0.1, 0.15) is 11.3 Å². The maximum Gasteiger partial charge on any atom is 0.340 e. The molecule has 2 aromatic carbocycles. The van der Waals surface area contributed by atoms with Crippen LogP contribution in [0, 0.1) is 0 Å². The standard InChI is InChI=1S/C25H26ClNO7/c1-5-6-7-14-8-22(28)34-23-15(14)9-18(26)24-17(23)12-27(13-33-24)19-11-21(31-3)20(30-2)10-16(19)25(29)32-4/h8-11H,5-7,12-13H2,1-4H3. The third-order valence-electron chi connectivity index (χ3n) is 5.88. The highest BCUT2D eigenvalue weighted by atomic mass is 35.5. The van der Waals surface area contributed by atoms with E-state index >= 15 is 0 Å². The number of halogens is 1. The van der Waals surface area contributed by atoms with E-state index in [4.69, 9.17) is 35.0 Å². The van der Waals surface area contributed by atoms with Gasteiger partial charge in [0.15, 0.2) is 18.2 Å². The molecule has 4 rings (SSSR count). The minimum Gasteiger partial charge on any atom is -0.493 e. The second-order valence-corrected chi connectivity index (χ2v) is 8.33. The minimum atomic E-state index is -0.536. The van der Waals surface area contributed by atoms with Gasteiger partial charge in [-0.3, -0.25) is 0 Å². The number of aryl methyl sites for hydroxylation is 1. The molecule has 0 spiro atoms. The number of nitrogens with zero attached hydrogens (tertiary/aromatic N) is 1.